The lowest BCUT2D eigenvalue weighted by Gasteiger charge is -2.43. The highest BCUT2D eigenvalue weighted by Crippen LogP contribution is 2.36. The maximum absolute atomic E-state index is 13.0. The number of thioether (sulfide) groups is 1. The Hall–Kier alpha value is -1.99. The fourth-order valence-corrected chi connectivity index (χ4v) is 5.06. The minimum atomic E-state index is -0.353. The van der Waals surface area contributed by atoms with E-state index in [0.29, 0.717) is 15.8 Å². The number of aromatic nitrogens is 1. The van der Waals surface area contributed by atoms with Crippen molar-refractivity contribution in [2.24, 2.45) is 5.92 Å². The van der Waals surface area contributed by atoms with Crippen molar-refractivity contribution in [3.63, 3.8) is 0 Å². The van der Waals surface area contributed by atoms with Gasteiger partial charge in [-0.05, 0) is 42.7 Å². The van der Waals surface area contributed by atoms with Crippen LogP contribution in [0, 0.1) is 11.7 Å². The van der Waals surface area contributed by atoms with Crippen LogP contribution < -0.4 is 5.56 Å². The SMILES string of the molecule is O=C(CSC(=S)N1C[C@H]2C[C@@H](C1)c1cccc(=O)n1C2)c1ccc(F)cc1. The van der Waals surface area contributed by atoms with E-state index in [1.165, 1.54) is 36.0 Å². The minimum Gasteiger partial charge on any atom is -0.356 e. The van der Waals surface area contributed by atoms with Crippen LogP contribution in [0.3, 0.4) is 0 Å². The standard InChI is InChI=1S/C20H19FN2O2S2/c21-16-6-4-14(5-7-16)18(24)12-27-20(26)22-9-13-8-15(11-22)17-2-1-3-19(25)23(17)10-13/h1-7,13,15H,8-12H2/t13-,15+/m1/s1. The quantitative estimate of drug-likeness (QED) is 0.582. The van der Waals surface area contributed by atoms with Crippen LogP contribution in [0.5, 0.6) is 0 Å². The lowest BCUT2D eigenvalue weighted by atomic mass is 9.83. The van der Waals surface area contributed by atoms with E-state index >= 15 is 0 Å². The molecule has 1 saturated heterocycles. The second-order valence-corrected chi connectivity index (χ2v) is 8.70. The van der Waals surface area contributed by atoms with Gasteiger partial charge in [0.25, 0.3) is 5.56 Å². The number of benzene rings is 1. The van der Waals surface area contributed by atoms with Crippen molar-refractivity contribution >= 4 is 34.1 Å². The van der Waals surface area contributed by atoms with Gasteiger partial charge in [0.15, 0.2) is 5.78 Å². The molecular weight excluding hydrogens is 383 g/mol. The molecular formula is C20H19FN2O2S2. The third-order valence-electron chi connectivity index (χ3n) is 5.23. The summed E-state index contributed by atoms with van der Waals surface area (Å²) in [6, 6.07) is 11.1. The van der Waals surface area contributed by atoms with Crippen LogP contribution in [0.25, 0.3) is 0 Å². The molecule has 2 atom stereocenters. The molecule has 2 aromatic rings. The number of hydrogen-bond donors (Lipinski definition) is 0. The summed E-state index contributed by atoms with van der Waals surface area (Å²) in [5, 5.41) is 0. The molecule has 1 aromatic carbocycles. The molecule has 7 heteroatoms. The summed E-state index contributed by atoms with van der Waals surface area (Å²) >= 11 is 6.93. The van der Waals surface area contributed by atoms with Crippen LogP contribution in [0.15, 0.2) is 47.3 Å². The molecule has 0 radical (unpaired) electrons. The third kappa shape index (κ3) is 3.84. The Morgan fingerprint density at radius 3 is 2.70 bits per heavy atom. The highest BCUT2D eigenvalue weighted by atomic mass is 32.2. The molecule has 2 bridgehead atoms. The Kier molecular flexibility index (Phi) is 5.14. The van der Waals surface area contributed by atoms with Crippen LogP contribution in [0.4, 0.5) is 4.39 Å². The van der Waals surface area contributed by atoms with Crippen molar-refractivity contribution in [1.29, 1.82) is 0 Å². The van der Waals surface area contributed by atoms with Crippen molar-refractivity contribution in [1.82, 2.24) is 9.47 Å². The first kappa shape index (κ1) is 18.4. The zero-order valence-electron chi connectivity index (χ0n) is 14.6. The van der Waals surface area contributed by atoms with Gasteiger partial charge in [-0.2, -0.15) is 0 Å². The van der Waals surface area contributed by atoms with E-state index in [1.807, 2.05) is 16.7 Å². The lowest BCUT2D eigenvalue weighted by molar-refractivity contribution is 0.102. The van der Waals surface area contributed by atoms with E-state index in [9.17, 15) is 14.0 Å². The smallest absolute Gasteiger partial charge is 0.250 e. The number of thiocarbonyl (C=S) groups is 1. The van der Waals surface area contributed by atoms with Gasteiger partial charge in [0.2, 0.25) is 0 Å². The molecule has 0 N–H and O–H groups in total. The Bertz CT molecular complexity index is 942. The highest BCUT2D eigenvalue weighted by Gasteiger charge is 2.35. The third-order valence-corrected chi connectivity index (χ3v) is 6.75. The lowest BCUT2D eigenvalue weighted by Crippen LogP contribution is -2.48. The van der Waals surface area contributed by atoms with Gasteiger partial charge in [-0.15, -0.1) is 0 Å². The number of rotatable bonds is 3. The molecule has 0 unspecified atom stereocenters. The average molecular weight is 403 g/mol. The van der Waals surface area contributed by atoms with Crippen LogP contribution in [-0.4, -0.2) is 38.4 Å². The first-order valence-corrected chi connectivity index (χ1v) is 10.3. The zero-order chi connectivity index (χ0) is 19.0. The fraction of sp³-hybridized carbons (Fsp3) is 0.350. The number of ketones is 1. The summed E-state index contributed by atoms with van der Waals surface area (Å²) in [7, 11) is 0. The van der Waals surface area contributed by atoms with Crippen LogP contribution >= 0.6 is 24.0 Å². The number of likely N-dealkylation sites (tertiary alicyclic amines) is 1. The van der Waals surface area contributed by atoms with Gasteiger partial charge in [0.05, 0.1) is 5.75 Å². The molecule has 2 aliphatic heterocycles. The number of pyridine rings is 1. The number of fused-ring (bicyclic) bond motifs is 4. The van der Waals surface area contributed by atoms with Crippen molar-refractivity contribution in [3.05, 3.63) is 69.9 Å². The van der Waals surface area contributed by atoms with E-state index in [0.717, 1.165) is 31.7 Å². The van der Waals surface area contributed by atoms with Crippen LogP contribution in [-0.2, 0) is 6.54 Å². The Balaban J connectivity index is 1.40. The molecule has 27 heavy (non-hydrogen) atoms. The molecule has 2 aliphatic rings. The van der Waals surface area contributed by atoms with Crippen LogP contribution in [0.2, 0.25) is 0 Å². The minimum absolute atomic E-state index is 0.0588. The topological polar surface area (TPSA) is 42.3 Å². The first-order valence-electron chi connectivity index (χ1n) is 8.91. The molecule has 0 saturated carbocycles. The van der Waals surface area contributed by atoms with Crippen LogP contribution in [0.1, 0.15) is 28.4 Å². The molecule has 140 valence electrons. The predicted molar refractivity (Wildman–Crippen MR) is 109 cm³/mol. The highest BCUT2D eigenvalue weighted by molar-refractivity contribution is 8.23. The maximum atomic E-state index is 13.0. The van der Waals surface area contributed by atoms with E-state index in [1.54, 1.807) is 6.07 Å². The number of carbonyl (C=O) groups excluding carboxylic acids is 1. The monoisotopic (exact) mass is 402 g/mol. The van der Waals surface area contributed by atoms with Gasteiger partial charge in [-0.3, -0.25) is 9.59 Å². The van der Waals surface area contributed by atoms with E-state index < -0.39 is 0 Å². The summed E-state index contributed by atoms with van der Waals surface area (Å²) in [6.45, 7) is 2.31. The van der Waals surface area contributed by atoms with Crippen molar-refractivity contribution in [3.8, 4) is 0 Å². The summed E-state index contributed by atoms with van der Waals surface area (Å²) < 4.78 is 15.6. The second kappa shape index (κ2) is 7.56. The molecule has 4 nitrogen and oxygen atoms in total. The fourth-order valence-electron chi connectivity index (χ4n) is 3.98. The zero-order valence-corrected chi connectivity index (χ0v) is 16.3. The Morgan fingerprint density at radius 1 is 1.15 bits per heavy atom. The van der Waals surface area contributed by atoms with Gasteiger partial charge in [0.1, 0.15) is 10.1 Å². The van der Waals surface area contributed by atoms with Gasteiger partial charge < -0.3 is 9.47 Å². The number of carbonyl (C=O) groups is 1. The summed E-state index contributed by atoms with van der Waals surface area (Å²) in [5.41, 5.74) is 1.65. The van der Waals surface area contributed by atoms with Crippen molar-refractivity contribution in [2.75, 3.05) is 18.8 Å². The van der Waals surface area contributed by atoms with Gasteiger partial charge in [0, 0.05) is 42.9 Å². The average Bonchev–Trinajstić information content (AvgIpc) is 2.67. The molecule has 0 spiro atoms. The summed E-state index contributed by atoms with van der Waals surface area (Å²) in [6.07, 6.45) is 1.07. The van der Waals surface area contributed by atoms with Gasteiger partial charge in [-0.1, -0.05) is 30.0 Å². The van der Waals surface area contributed by atoms with Crippen molar-refractivity contribution < 1.29 is 9.18 Å². The number of piperidine rings is 1. The predicted octanol–water partition coefficient (Wildman–Crippen LogP) is 3.31. The van der Waals surface area contributed by atoms with E-state index in [4.69, 9.17) is 12.2 Å². The number of halogens is 1. The number of nitrogens with zero attached hydrogens (tertiary/aromatic N) is 2. The Labute approximate surface area is 166 Å². The molecule has 3 heterocycles. The van der Waals surface area contributed by atoms with E-state index in [-0.39, 0.29) is 28.8 Å². The van der Waals surface area contributed by atoms with Gasteiger partial charge >= 0.3 is 0 Å². The first-order chi connectivity index (χ1) is 13.0. The number of hydrogen-bond acceptors (Lipinski definition) is 4. The van der Waals surface area contributed by atoms with Crippen molar-refractivity contribution in [2.45, 2.75) is 18.9 Å². The maximum Gasteiger partial charge on any atom is 0.250 e. The molecule has 4 rings (SSSR count). The largest absolute Gasteiger partial charge is 0.356 e. The number of Topliss-reactive ketones (excluding diaryl/α,β-unsaturated/α-hetero) is 1. The molecule has 1 aromatic heterocycles. The summed E-state index contributed by atoms with van der Waals surface area (Å²) in [5.74, 6) is 0.512. The normalized spacial score (nSPS) is 20.9. The second-order valence-electron chi connectivity index (χ2n) is 7.09. The molecule has 0 aliphatic carbocycles. The summed E-state index contributed by atoms with van der Waals surface area (Å²) in [4.78, 5) is 26.5. The molecule has 0 amide bonds. The molecule has 1 fully saturated rings. The van der Waals surface area contributed by atoms with E-state index in [2.05, 4.69) is 4.90 Å². The van der Waals surface area contributed by atoms with Gasteiger partial charge in [-0.25, -0.2) is 4.39 Å². The Morgan fingerprint density at radius 2 is 1.93 bits per heavy atom.